The molecule has 0 radical (unpaired) electrons. The molecule has 0 heterocycles. The van der Waals surface area contributed by atoms with Crippen LogP contribution in [0.2, 0.25) is 10.0 Å². The quantitative estimate of drug-likeness (QED) is 0.198. The van der Waals surface area contributed by atoms with Gasteiger partial charge in [-0.3, -0.25) is 0 Å². The second kappa shape index (κ2) is 9.42. The van der Waals surface area contributed by atoms with Crippen molar-refractivity contribution >= 4 is 57.4 Å². The Kier molecular flexibility index (Phi) is 6.95. The van der Waals surface area contributed by atoms with E-state index < -0.39 is 0 Å². The fourth-order valence-electron chi connectivity index (χ4n) is 2.52. The van der Waals surface area contributed by atoms with E-state index in [4.69, 9.17) is 27.9 Å². The number of benzene rings is 3. The average Bonchev–Trinajstić information content (AvgIpc) is 2.68. The van der Waals surface area contributed by atoms with E-state index in [2.05, 4.69) is 28.7 Å². The third-order valence-electron chi connectivity index (χ3n) is 3.90. The minimum absolute atomic E-state index is 0.356. The van der Waals surface area contributed by atoms with Crippen molar-refractivity contribution in [1.82, 2.24) is 0 Å². The van der Waals surface area contributed by atoms with Crippen LogP contribution in [0.1, 0.15) is 16.7 Å². The molecule has 28 heavy (non-hydrogen) atoms. The van der Waals surface area contributed by atoms with Gasteiger partial charge in [0.05, 0.1) is 25.3 Å². The predicted octanol–water partition coefficient (Wildman–Crippen LogP) is 7.38. The van der Waals surface area contributed by atoms with Crippen molar-refractivity contribution in [2.75, 3.05) is 0 Å². The summed E-state index contributed by atoms with van der Waals surface area (Å²) < 4.78 is 20.2. The van der Waals surface area contributed by atoms with E-state index in [0.29, 0.717) is 33.5 Å². The van der Waals surface area contributed by atoms with Gasteiger partial charge in [-0.05, 0) is 81.8 Å². The van der Waals surface area contributed by atoms with Gasteiger partial charge >= 0.3 is 0 Å². The number of halogens is 4. The molecule has 2 nitrogen and oxygen atoms in total. The van der Waals surface area contributed by atoms with Crippen molar-refractivity contribution < 1.29 is 9.13 Å². The molecule has 3 aromatic carbocycles. The van der Waals surface area contributed by atoms with Gasteiger partial charge in [0.1, 0.15) is 18.2 Å². The number of hydrogen-bond acceptors (Lipinski definition) is 2. The number of ether oxygens (including phenoxy) is 1. The topological polar surface area (TPSA) is 33.0 Å². The molecule has 0 aliphatic carbocycles. The second-order valence-electron chi connectivity index (χ2n) is 5.91. The summed E-state index contributed by atoms with van der Waals surface area (Å²) >= 11 is 14.1. The maximum atomic E-state index is 13.4. The highest BCUT2D eigenvalue weighted by Crippen LogP contribution is 2.27. The van der Waals surface area contributed by atoms with Crippen LogP contribution in [0.15, 0.2) is 60.7 Å². The lowest BCUT2D eigenvalue weighted by Gasteiger charge is -2.10. The lowest BCUT2D eigenvalue weighted by Crippen LogP contribution is -1.97. The first-order valence-corrected chi connectivity index (χ1v) is 10.0. The lowest BCUT2D eigenvalue weighted by molar-refractivity contribution is 0.304. The molecule has 0 aliphatic rings. The average molecular weight is 524 g/mol. The minimum atomic E-state index is -0.376. The van der Waals surface area contributed by atoms with Crippen LogP contribution in [-0.4, -0.2) is 0 Å². The Labute approximate surface area is 186 Å². The molecule has 0 aliphatic heterocycles. The smallest absolute Gasteiger partial charge is 0.133 e. The van der Waals surface area contributed by atoms with Crippen molar-refractivity contribution in [3.05, 3.63) is 96.8 Å². The Morgan fingerprint density at radius 3 is 2.57 bits per heavy atom. The fraction of sp³-hybridized carbons (Fsp3) is 0.0455. The van der Waals surface area contributed by atoms with E-state index in [9.17, 15) is 9.65 Å². The number of nitrogens with zero attached hydrogens (tertiary/aromatic N) is 1. The van der Waals surface area contributed by atoms with Gasteiger partial charge in [-0.2, -0.15) is 5.26 Å². The number of nitriles is 1. The highest BCUT2D eigenvalue weighted by Gasteiger charge is 2.07. The molecular weight excluding hydrogens is 511 g/mol. The van der Waals surface area contributed by atoms with Gasteiger partial charge in [0.15, 0.2) is 0 Å². The summed E-state index contributed by atoms with van der Waals surface area (Å²) in [6.45, 7) is 0.356. The first-order chi connectivity index (χ1) is 13.5. The summed E-state index contributed by atoms with van der Waals surface area (Å²) in [7, 11) is 0. The molecule has 0 N–H and O–H groups in total. The number of allylic oxidation sites excluding steroid dienone is 1. The van der Waals surface area contributed by atoms with Gasteiger partial charge in [0, 0.05) is 0 Å². The van der Waals surface area contributed by atoms with Crippen molar-refractivity contribution in [2.45, 2.75) is 6.61 Å². The minimum Gasteiger partial charge on any atom is -0.488 e. The summed E-state index contributed by atoms with van der Waals surface area (Å²) in [5.41, 5.74) is 2.66. The third-order valence-corrected chi connectivity index (χ3v) is 5.48. The first-order valence-electron chi connectivity index (χ1n) is 8.20. The van der Waals surface area contributed by atoms with E-state index in [1.807, 2.05) is 24.3 Å². The van der Waals surface area contributed by atoms with Crippen LogP contribution in [0.25, 0.3) is 11.6 Å². The molecule has 0 aromatic heterocycles. The van der Waals surface area contributed by atoms with Crippen LogP contribution in [0.3, 0.4) is 0 Å². The van der Waals surface area contributed by atoms with Crippen LogP contribution < -0.4 is 4.74 Å². The maximum Gasteiger partial charge on any atom is 0.133 e. The van der Waals surface area contributed by atoms with E-state index >= 15 is 0 Å². The van der Waals surface area contributed by atoms with Crippen LogP contribution in [0.5, 0.6) is 5.75 Å². The molecule has 0 saturated heterocycles. The second-order valence-corrected chi connectivity index (χ2v) is 7.88. The van der Waals surface area contributed by atoms with Crippen molar-refractivity contribution in [2.24, 2.45) is 0 Å². The summed E-state index contributed by atoms with van der Waals surface area (Å²) in [6.07, 6.45) is 1.72. The Hall–Kier alpha value is -2.07. The molecule has 0 unspecified atom stereocenters. The largest absolute Gasteiger partial charge is 0.488 e. The molecule has 0 fully saturated rings. The summed E-state index contributed by atoms with van der Waals surface area (Å²) in [5, 5.41) is 10.4. The Balaban J connectivity index is 1.78. The van der Waals surface area contributed by atoms with Crippen LogP contribution in [0, 0.1) is 20.7 Å². The van der Waals surface area contributed by atoms with Gasteiger partial charge in [0.25, 0.3) is 0 Å². The van der Waals surface area contributed by atoms with Crippen molar-refractivity contribution in [3.8, 4) is 11.8 Å². The normalized spacial score (nSPS) is 11.2. The molecule has 0 spiro atoms. The Morgan fingerprint density at radius 2 is 1.89 bits per heavy atom. The molecular formula is C22H13Cl2FINO. The van der Waals surface area contributed by atoms with Gasteiger partial charge < -0.3 is 4.74 Å². The Bertz CT molecular complexity index is 1090. The molecule has 0 atom stereocenters. The summed E-state index contributed by atoms with van der Waals surface area (Å²) in [4.78, 5) is 0. The van der Waals surface area contributed by atoms with E-state index in [1.165, 1.54) is 12.1 Å². The third kappa shape index (κ3) is 5.26. The molecule has 3 aromatic rings. The van der Waals surface area contributed by atoms with Crippen molar-refractivity contribution in [1.29, 1.82) is 5.26 Å². The zero-order valence-corrected chi connectivity index (χ0v) is 18.1. The molecule has 0 bridgehead atoms. The van der Waals surface area contributed by atoms with Crippen molar-refractivity contribution in [3.63, 3.8) is 0 Å². The number of hydrogen-bond donors (Lipinski definition) is 0. The molecule has 140 valence electrons. The molecule has 0 amide bonds. The first kappa shape index (κ1) is 20.7. The standard InChI is InChI=1S/C22H13Cl2FINO/c23-19-6-4-15(9-20(19)24)13-28-22-7-5-14(10-21(22)26)8-17(12-27)16-2-1-3-18(25)11-16/h1-11H,13H2/b17-8-. The van der Waals surface area contributed by atoms with Crippen LogP contribution >= 0.6 is 45.8 Å². The predicted molar refractivity (Wildman–Crippen MR) is 120 cm³/mol. The lowest BCUT2D eigenvalue weighted by atomic mass is 10.0. The van der Waals surface area contributed by atoms with Crippen LogP contribution in [-0.2, 0) is 6.61 Å². The van der Waals surface area contributed by atoms with Crippen LogP contribution in [0.4, 0.5) is 4.39 Å². The van der Waals surface area contributed by atoms with E-state index in [1.54, 1.807) is 30.3 Å². The van der Waals surface area contributed by atoms with Gasteiger partial charge in [-0.25, -0.2) is 4.39 Å². The van der Waals surface area contributed by atoms with Gasteiger partial charge in [-0.1, -0.05) is 47.5 Å². The monoisotopic (exact) mass is 523 g/mol. The zero-order valence-electron chi connectivity index (χ0n) is 14.4. The SMILES string of the molecule is N#C/C(=C/c1ccc(OCc2ccc(Cl)c(Cl)c2)c(I)c1)c1cccc(F)c1. The highest BCUT2D eigenvalue weighted by atomic mass is 127. The maximum absolute atomic E-state index is 13.4. The summed E-state index contributed by atoms with van der Waals surface area (Å²) in [5.74, 6) is 0.340. The van der Waals surface area contributed by atoms with E-state index in [0.717, 1.165) is 14.7 Å². The van der Waals surface area contributed by atoms with E-state index in [-0.39, 0.29) is 5.82 Å². The highest BCUT2D eigenvalue weighted by molar-refractivity contribution is 14.1. The van der Waals surface area contributed by atoms with Gasteiger partial charge in [-0.15, -0.1) is 0 Å². The molecule has 3 rings (SSSR count). The Morgan fingerprint density at radius 1 is 1.07 bits per heavy atom. The summed E-state index contributed by atoms with van der Waals surface area (Å²) in [6, 6.07) is 19.1. The molecule has 0 saturated carbocycles. The zero-order chi connectivity index (χ0) is 20.1. The van der Waals surface area contributed by atoms with Gasteiger partial charge in [0.2, 0.25) is 0 Å². The number of rotatable bonds is 5. The molecule has 6 heteroatoms. The fourth-order valence-corrected chi connectivity index (χ4v) is 3.53.